The predicted octanol–water partition coefficient (Wildman–Crippen LogP) is 2.09. The average molecular weight is 362 g/mol. The molecular formula is C19H30N4O3. The minimum absolute atomic E-state index is 0.129. The lowest BCUT2D eigenvalue weighted by atomic mass is 10.2. The second kappa shape index (κ2) is 10.0. The highest BCUT2D eigenvalue weighted by Crippen LogP contribution is 2.28. The highest BCUT2D eigenvalue weighted by molar-refractivity contribution is 5.90. The molecule has 144 valence electrons. The molecule has 7 nitrogen and oxygen atoms in total. The second-order valence-corrected chi connectivity index (χ2v) is 6.56. The summed E-state index contributed by atoms with van der Waals surface area (Å²) in [5.74, 6) is 2.09. The molecule has 2 rings (SSSR count). The number of aliphatic imine (C=N–C) groups is 1. The normalized spacial score (nSPS) is 14.1. The Kier molecular flexibility index (Phi) is 7.72. The highest BCUT2D eigenvalue weighted by atomic mass is 16.5. The van der Waals surface area contributed by atoms with Gasteiger partial charge in [-0.05, 0) is 36.5 Å². The zero-order chi connectivity index (χ0) is 18.9. The minimum atomic E-state index is -0.129. The number of carbonyl (C=O) groups is 1. The molecule has 1 aliphatic carbocycles. The minimum Gasteiger partial charge on any atom is -0.495 e. The number of guanidine groups is 1. The molecule has 2 N–H and O–H groups in total. The van der Waals surface area contributed by atoms with Gasteiger partial charge in [0.15, 0.2) is 5.96 Å². The van der Waals surface area contributed by atoms with Crippen molar-refractivity contribution in [1.29, 1.82) is 0 Å². The first-order chi connectivity index (χ1) is 12.5. The van der Waals surface area contributed by atoms with Gasteiger partial charge in [0.25, 0.3) is 0 Å². The van der Waals surface area contributed by atoms with Gasteiger partial charge in [-0.2, -0.15) is 0 Å². The maximum absolute atomic E-state index is 11.3. The molecule has 0 aromatic heterocycles. The predicted molar refractivity (Wildman–Crippen MR) is 104 cm³/mol. The van der Waals surface area contributed by atoms with Gasteiger partial charge in [0.05, 0.1) is 19.4 Å². The smallest absolute Gasteiger partial charge is 0.221 e. The van der Waals surface area contributed by atoms with Gasteiger partial charge >= 0.3 is 0 Å². The van der Waals surface area contributed by atoms with Crippen molar-refractivity contribution in [3.8, 4) is 5.75 Å². The van der Waals surface area contributed by atoms with Crippen LogP contribution in [0.4, 0.5) is 5.69 Å². The van der Waals surface area contributed by atoms with Crippen LogP contribution in [-0.4, -0.2) is 57.7 Å². The molecular weight excluding hydrogens is 332 g/mol. The Morgan fingerprint density at radius 3 is 2.77 bits per heavy atom. The largest absolute Gasteiger partial charge is 0.495 e. The van der Waals surface area contributed by atoms with E-state index in [1.807, 2.05) is 30.1 Å². The van der Waals surface area contributed by atoms with Crippen molar-refractivity contribution in [3.05, 3.63) is 23.8 Å². The van der Waals surface area contributed by atoms with Crippen LogP contribution in [-0.2, 0) is 16.1 Å². The third kappa shape index (κ3) is 6.55. The summed E-state index contributed by atoms with van der Waals surface area (Å²) in [5, 5.41) is 6.12. The van der Waals surface area contributed by atoms with Crippen LogP contribution in [0.2, 0.25) is 0 Å². The van der Waals surface area contributed by atoms with E-state index in [0.717, 1.165) is 30.6 Å². The lowest BCUT2D eigenvalue weighted by Crippen LogP contribution is -2.40. The van der Waals surface area contributed by atoms with E-state index in [1.54, 1.807) is 14.2 Å². The van der Waals surface area contributed by atoms with E-state index in [0.29, 0.717) is 24.6 Å². The first-order valence-electron chi connectivity index (χ1n) is 8.97. The van der Waals surface area contributed by atoms with Crippen LogP contribution in [0.25, 0.3) is 0 Å². The highest BCUT2D eigenvalue weighted by Gasteiger charge is 2.21. The van der Waals surface area contributed by atoms with Gasteiger partial charge in [-0.25, -0.2) is 0 Å². The summed E-state index contributed by atoms with van der Waals surface area (Å²) in [6.07, 6.45) is 2.61. The Morgan fingerprint density at radius 1 is 1.38 bits per heavy atom. The van der Waals surface area contributed by atoms with E-state index < -0.39 is 0 Å². The molecule has 1 aromatic rings. The maximum atomic E-state index is 11.3. The number of hydrogen-bond acceptors (Lipinski definition) is 4. The van der Waals surface area contributed by atoms with Crippen molar-refractivity contribution in [1.82, 2.24) is 10.2 Å². The van der Waals surface area contributed by atoms with Crippen LogP contribution in [0.15, 0.2) is 23.2 Å². The fraction of sp³-hybridized carbons (Fsp3) is 0.579. The molecule has 1 saturated carbocycles. The summed E-state index contributed by atoms with van der Waals surface area (Å²) in [4.78, 5) is 17.7. The number of benzene rings is 1. The fourth-order valence-corrected chi connectivity index (χ4v) is 2.56. The average Bonchev–Trinajstić information content (AvgIpc) is 3.43. The Bertz CT molecular complexity index is 629. The molecule has 0 saturated heterocycles. The number of carbonyl (C=O) groups excluding carboxylic acids is 1. The number of ether oxygens (including phenoxy) is 2. The Morgan fingerprint density at radius 2 is 2.15 bits per heavy atom. The topological polar surface area (TPSA) is 75.2 Å². The van der Waals surface area contributed by atoms with Crippen LogP contribution in [0.3, 0.4) is 0 Å². The van der Waals surface area contributed by atoms with Crippen molar-refractivity contribution >= 4 is 17.6 Å². The molecule has 0 aliphatic heterocycles. The molecule has 26 heavy (non-hydrogen) atoms. The van der Waals surface area contributed by atoms with Crippen LogP contribution < -0.4 is 15.4 Å². The summed E-state index contributed by atoms with van der Waals surface area (Å²) in [6, 6.07) is 5.71. The molecule has 0 heterocycles. The zero-order valence-corrected chi connectivity index (χ0v) is 16.2. The van der Waals surface area contributed by atoms with E-state index in [2.05, 4.69) is 15.6 Å². The van der Waals surface area contributed by atoms with Crippen LogP contribution >= 0.6 is 0 Å². The van der Waals surface area contributed by atoms with Gasteiger partial charge < -0.3 is 25.0 Å². The number of amides is 1. The third-order valence-corrected chi connectivity index (χ3v) is 4.22. The Labute approximate surface area is 155 Å². The number of hydrogen-bond donors (Lipinski definition) is 2. The molecule has 0 bridgehead atoms. The number of rotatable bonds is 9. The van der Waals surface area contributed by atoms with Crippen molar-refractivity contribution in [2.24, 2.45) is 10.9 Å². The standard InChI is InChI=1S/C19H30N4O3/c1-14(24)22-17-11-16(7-8-18(17)25-4)12-21-19(20-2)23(3)9-10-26-13-15-5-6-15/h7-8,11,15H,5-6,9-10,12-13H2,1-4H3,(H,20,21)(H,22,24). The van der Waals surface area contributed by atoms with Gasteiger partial charge in [-0.15, -0.1) is 0 Å². The monoisotopic (exact) mass is 362 g/mol. The van der Waals surface area contributed by atoms with Crippen molar-refractivity contribution in [3.63, 3.8) is 0 Å². The lowest BCUT2D eigenvalue weighted by molar-refractivity contribution is -0.114. The maximum Gasteiger partial charge on any atom is 0.221 e. The molecule has 1 aliphatic rings. The quantitative estimate of drug-likeness (QED) is 0.400. The summed E-state index contributed by atoms with van der Waals surface area (Å²) in [5.41, 5.74) is 1.69. The van der Waals surface area contributed by atoms with Gasteiger partial charge in [0.2, 0.25) is 5.91 Å². The number of methoxy groups -OCH3 is 1. The van der Waals surface area contributed by atoms with Gasteiger partial charge in [-0.3, -0.25) is 9.79 Å². The number of likely N-dealkylation sites (N-methyl/N-ethyl adjacent to an activating group) is 1. The fourth-order valence-electron chi connectivity index (χ4n) is 2.56. The molecule has 0 atom stereocenters. The molecule has 0 unspecified atom stereocenters. The van der Waals surface area contributed by atoms with Crippen molar-refractivity contribution < 1.29 is 14.3 Å². The zero-order valence-electron chi connectivity index (χ0n) is 16.2. The van der Waals surface area contributed by atoms with E-state index >= 15 is 0 Å². The number of nitrogens with zero attached hydrogens (tertiary/aromatic N) is 2. The van der Waals surface area contributed by atoms with Gasteiger partial charge in [0, 0.05) is 40.7 Å². The molecule has 7 heteroatoms. The first kappa shape index (κ1) is 20.0. The van der Waals surface area contributed by atoms with E-state index in [4.69, 9.17) is 9.47 Å². The molecule has 1 aromatic carbocycles. The van der Waals surface area contributed by atoms with Crippen molar-refractivity contribution in [2.75, 3.05) is 46.3 Å². The molecule has 1 fully saturated rings. The van der Waals surface area contributed by atoms with E-state index in [9.17, 15) is 4.79 Å². The molecule has 0 radical (unpaired) electrons. The second-order valence-electron chi connectivity index (χ2n) is 6.56. The van der Waals surface area contributed by atoms with Crippen LogP contribution in [0.5, 0.6) is 5.75 Å². The summed E-state index contributed by atoms with van der Waals surface area (Å²) < 4.78 is 11.0. The number of anilines is 1. The molecule has 0 spiro atoms. The summed E-state index contributed by atoms with van der Waals surface area (Å²) >= 11 is 0. The summed E-state index contributed by atoms with van der Waals surface area (Å²) in [7, 11) is 5.34. The Balaban J connectivity index is 1.85. The van der Waals surface area contributed by atoms with Crippen molar-refractivity contribution in [2.45, 2.75) is 26.3 Å². The van der Waals surface area contributed by atoms with E-state index in [1.165, 1.54) is 19.8 Å². The van der Waals surface area contributed by atoms with Gasteiger partial charge in [0.1, 0.15) is 5.75 Å². The van der Waals surface area contributed by atoms with Crippen LogP contribution in [0.1, 0.15) is 25.3 Å². The Hall–Kier alpha value is -2.28. The summed E-state index contributed by atoms with van der Waals surface area (Å²) in [6.45, 7) is 4.43. The number of nitrogens with one attached hydrogen (secondary N) is 2. The van der Waals surface area contributed by atoms with E-state index in [-0.39, 0.29) is 5.91 Å². The molecule has 1 amide bonds. The SMILES string of the molecule is CN=C(NCc1ccc(OC)c(NC(C)=O)c1)N(C)CCOCC1CC1. The lowest BCUT2D eigenvalue weighted by Gasteiger charge is -2.22. The van der Waals surface area contributed by atoms with Crippen LogP contribution in [0, 0.1) is 5.92 Å². The third-order valence-electron chi connectivity index (χ3n) is 4.22. The first-order valence-corrected chi connectivity index (χ1v) is 8.97. The van der Waals surface area contributed by atoms with Gasteiger partial charge in [-0.1, -0.05) is 6.07 Å².